The summed E-state index contributed by atoms with van der Waals surface area (Å²) >= 11 is 0. The Kier molecular flexibility index (Phi) is 3.43. The minimum absolute atomic E-state index is 0.185. The lowest BCUT2D eigenvalue weighted by Crippen LogP contribution is -2.03. The first-order valence-corrected chi connectivity index (χ1v) is 7.38. The van der Waals surface area contributed by atoms with Crippen molar-refractivity contribution in [1.82, 2.24) is 0 Å². The fourth-order valence-electron chi connectivity index (χ4n) is 2.87. The van der Waals surface area contributed by atoms with Crippen LogP contribution in [0.3, 0.4) is 0 Å². The summed E-state index contributed by atoms with van der Waals surface area (Å²) in [5.74, 6) is 0.914. The standard InChI is InChI=1S/C19H20O/c1-3-14-7-9-15(10-8-14)19(20)18-12-17(18)16-6-4-5-13(2)11-16/h4-11,17-18H,3,12H2,1-2H3. The Morgan fingerprint density at radius 3 is 2.55 bits per heavy atom. The Morgan fingerprint density at radius 2 is 1.90 bits per heavy atom. The van der Waals surface area contributed by atoms with Gasteiger partial charge in [0.25, 0.3) is 0 Å². The molecule has 0 radical (unpaired) electrons. The number of aryl methyl sites for hydroxylation is 2. The van der Waals surface area contributed by atoms with Crippen molar-refractivity contribution >= 4 is 5.78 Å². The van der Waals surface area contributed by atoms with Crippen molar-refractivity contribution < 1.29 is 4.79 Å². The topological polar surface area (TPSA) is 17.1 Å². The molecule has 0 amide bonds. The first-order chi connectivity index (χ1) is 9.69. The molecule has 1 aliphatic rings. The van der Waals surface area contributed by atoms with E-state index in [9.17, 15) is 4.79 Å². The van der Waals surface area contributed by atoms with E-state index in [0.717, 1.165) is 18.4 Å². The van der Waals surface area contributed by atoms with Crippen LogP contribution < -0.4 is 0 Å². The Labute approximate surface area is 120 Å². The number of carbonyl (C=O) groups excluding carboxylic acids is 1. The molecule has 0 N–H and O–H groups in total. The van der Waals surface area contributed by atoms with Crippen LogP contribution in [0, 0.1) is 12.8 Å². The van der Waals surface area contributed by atoms with Crippen LogP contribution in [-0.2, 0) is 6.42 Å². The SMILES string of the molecule is CCc1ccc(C(=O)C2CC2c2cccc(C)c2)cc1. The summed E-state index contributed by atoms with van der Waals surface area (Å²) in [6.07, 6.45) is 2.02. The van der Waals surface area contributed by atoms with E-state index in [-0.39, 0.29) is 5.92 Å². The van der Waals surface area contributed by atoms with Gasteiger partial charge in [0.05, 0.1) is 0 Å². The summed E-state index contributed by atoms with van der Waals surface area (Å²) in [7, 11) is 0. The molecule has 0 aliphatic heterocycles. The minimum atomic E-state index is 0.185. The number of hydrogen-bond acceptors (Lipinski definition) is 1. The monoisotopic (exact) mass is 264 g/mol. The maximum absolute atomic E-state index is 12.5. The van der Waals surface area contributed by atoms with E-state index in [0.29, 0.717) is 11.7 Å². The van der Waals surface area contributed by atoms with Gasteiger partial charge in [0.15, 0.2) is 5.78 Å². The predicted octanol–water partition coefficient (Wildman–Crippen LogP) is 4.54. The molecule has 1 heteroatoms. The molecule has 20 heavy (non-hydrogen) atoms. The summed E-state index contributed by atoms with van der Waals surface area (Å²) in [4.78, 5) is 12.5. The van der Waals surface area contributed by atoms with Crippen LogP contribution in [0.15, 0.2) is 48.5 Å². The fourth-order valence-corrected chi connectivity index (χ4v) is 2.87. The summed E-state index contributed by atoms with van der Waals surface area (Å²) in [6.45, 7) is 4.23. The highest BCUT2D eigenvalue weighted by Crippen LogP contribution is 2.49. The predicted molar refractivity (Wildman–Crippen MR) is 82.2 cm³/mol. The van der Waals surface area contributed by atoms with E-state index < -0.39 is 0 Å². The van der Waals surface area contributed by atoms with Crippen LogP contribution in [0.5, 0.6) is 0 Å². The van der Waals surface area contributed by atoms with E-state index in [1.807, 2.05) is 12.1 Å². The molecule has 2 atom stereocenters. The molecule has 0 aromatic heterocycles. The number of hydrogen-bond donors (Lipinski definition) is 0. The summed E-state index contributed by atoms with van der Waals surface area (Å²) in [5.41, 5.74) is 4.73. The Bertz CT molecular complexity index is 624. The van der Waals surface area contributed by atoms with E-state index in [2.05, 4.69) is 50.2 Å². The van der Waals surface area contributed by atoms with E-state index in [1.54, 1.807) is 0 Å². The largest absolute Gasteiger partial charge is 0.294 e. The third-order valence-electron chi connectivity index (χ3n) is 4.24. The van der Waals surface area contributed by atoms with Gasteiger partial charge < -0.3 is 0 Å². The van der Waals surface area contributed by atoms with E-state index in [1.165, 1.54) is 16.7 Å². The van der Waals surface area contributed by atoms with Crippen LogP contribution in [-0.4, -0.2) is 5.78 Å². The lowest BCUT2D eigenvalue weighted by Gasteiger charge is -2.03. The van der Waals surface area contributed by atoms with Crippen molar-refractivity contribution in [3.8, 4) is 0 Å². The average Bonchev–Trinajstić information content (AvgIpc) is 3.27. The zero-order chi connectivity index (χ0) is 14.1. The molecule has 0 bridgehead atoms. The van der Waals surface area contributed by atoms with Crippen molar-refractivity contribution in [2.45, 2.75) is 32.6 Å². The molecule has 1 nitrogen and oxygen atoms in total. The number of carbonyl (C=O) groups is 1. The molecule has 1 fully saturated rings. The van der Waals surface area contributed by atoms with Gasteiger partial charge in [0, 0.05) is 11.5 Å². The quantitative estimate of drug-likeness (QED) is 0.741. The molecule has 2 aromatic rings. The van der Waals surface area contributed by atoms with Crippen molar-refractivity contribution in [3.05, 3.63) is 70.8 Å². The van der Waals surface area contributed by atoms with Gasteiger partial charge in [-0.2, -0.15) is 0 Å². The van der Waals surface area contributed by atoms with Crippen molar-refractivity contribution in [3.63, 3.8) is 0 Å². The molecule has 0 saturated heterocycles. The highest BCUT2D eigenvalue weighted by Gasteiger charge is 2.43. The van der Waals surface area contributed by atoms with Gasteiger partial charge in [-0.25, -0.2) is 0 Å². The van der Waals surface area contributed by atoms with Gasteiger partial charge in [-0.1, -0.05) is 61.0 Å². The molecule has 0 heterocycles. The third-order valence-corrected chi connectivity index (χ3v) is 4.24. The normalized spacial score (nSPS) is 20.7. The number of rotatable bonds is 4. The van der Waals surface area contributed by atoms with Crippen LogP contribution >= 0.6 is 0 Å². The minimum Gasteiger partial charge on any atom is -0.294 e. The Balaban J connectivity index is 1.73. The maximum atomic E-state index is 12.5. The fraction of sp³-hybridized carbons (Fsp3) is 0.316. The second-order valence-corrected chi connectivity index (χ2v) is 5.78. The smallest absolute Gasteiger partial charge is 0.166 e. The first-order valence-electron chi connectivity index (χ1n) is 7.38. The van der Waals surface area contributed by atoms with Gasteiger partial charge in [-0.15, -0.1) is 0 Å². The molecule has 102 valence electrons. The molecule has 2 aromatic carbocycles. The van der Waals surface area contributed by atoms with Gasteiger partial charge in [-0.3, -0.25) is 4.79 Å². The number of ketones is 1. The maximum Gasteiger partial charge on any atom is 0.166 e. The number of benzene rings is 2. The second-order valence-electron chi connectivity index (χ2n) is 5.78. The zero-order valence-corrected chi connectivity index (χ0v) is 12.1. The van der Waals surface area contributed by atoms with Crippen LogP contribution in [0.2, 0.25) is 0 Å². The van der Waals surface area contributed by atoms with Crippen molar-refractivity contribution in [2.24, 2.45) is 5.92 Å². The molecular weight excluding hydrogens is 244 g/mol. The molecule has 1 aliphatic carbocycles. The highest BCUT2D eigenvalue weighted by atomic mass is 16.1. The lowest BCUT2D eigenvalue weighted by molar-refractivity contribution is 0.0965. The third kappa shape index (κ3) is 2.53. The van der Waals surface area contributed by atoms with Crippen molar-refractivity contribution in [2.75, 3.05) is 0 Å². The van der Waals surface area contributed by atoms with Gasteiger partial charge >= 0.3 is 0 Å². The molecule has 3 rings (SSSR count). The summed E-state index contributed by atoms with van der Waals surface area (Å²) in [5, 5.41) is 0. The molecule has 1 saturated carbocycles. The Hall–Kier alpha value is -1.89. The summed E-state index contributed by atoms with van der Waals surface area (Å²) in [6, 6.07) is 16.6. The number of Topliss-reactive ketones (excluding diaryl/α,β-unsaturated/α-hetero) is 1. The zero-order valence-electron chi connectivity index (χ0n) is 12.1. The summed E-state index contributed by atoms with van der Waals surface area (Å²) < 4.78 is 0. The molecular formula is C19H20O. The van der Waals surface area contributed by atoms with Gasteiger partial charge in [0.2, 0.25) is 0 Å². The lowest BCUT2D eigenvalue weighted by atomic mass is 10.0. The van der Waals surface area contributed by atoms with Crippen LogP contribution in [0.25, 0.3) is 0 Å². The van der Waals surface area contributed by atoms with Gasteiger partial charge in [0.1, 0.15) is 0 Å². The van der Waals surface area contributed by atoms with Gasteiger partial charge in [-0.05, 0) is 36.8 Å². The molecule has 2 unspecified atom stereocenters. The van der Waals surface area contributed by atoms with Crippen LogP contribution in [0.4, 0.5) is 0 Å². The van der Waals surface area contributed by atoms with E-state index in [4.69, 9.17) is 0 Å². The average molecular weight is 264 g/mol. The van der Waals surface area contributed by atoms with Crippen molar-refractivity contribution in [1.29, 1.82) is 0 Å². The molecule has 0 spiro atoms. The first kappa shape index (κ1) is 13.1. The van der Waals surface area contributed by atoms with Crippen LogP contribution in [0.1, 0.15) is 46.3 Å². The Morgan fingerprint density at radius 1 is 1.15 bits per heavy atom. The van der Waals surface area contributed by atoms with E-state index >= 15 is 0 Å². The second kappa shape index (κ2) is 5.24. The highest BCUT2D eigenvalue weighted by molar-refractivity contribution is 6.00.